The van der Waals surface area contributed by atoms with E-state index < -0.39 is 0 Å². The normalized spacial score (nSPS) is 15.4. The second-order valence-corrected chi connectivity index (χ2v) is 6.40. The highest BCUT2D eigenvalue weighted by molar-refractivity contribution is 5.92. The fourth-order valence-electron chi connectivity index (χ4n) is 3.37. The first-order valence-electron chi connectivity index (χ1n) is 8.84. The lowest BCUT2D eigenvalue weighted by molar-refractivity contribution is 0.0636. The van der Waals surface area contributed by atoms with E-state index in [0.29, 0.717) is 11.7 Å². The number of rotatable bonds is 5. The van der Waals surface area contributed by atoms with Gasteiger partial charge in [0.15, 0.2) is 5.69 Å². The molecule has 1 saturated heterocycles. The maximum absolute atomic E-state index is 13.1. The van der Waals surface area contributed by atoms with E-state index in [-0.39, 0.29) is 5.91 Å². The van der Waals surface area contributed by atoms with Gasteiger partial charge in [-0.1, -0.05) is 25.1 Å². The van der Waals surface area contributed by atoms with E-state index >= 15 is 0 Å². The van der Waals surface area contributed by atoms with Crippen LogP contribution in [0.15, 0.2) is 36.4 Å². The minimum absolute atomic E-state index is 0.0570. The number of amides is 1. The van der Waals surface area contributed by atoms with Crippen molar-refractivity contribution >= 4 is 5.91 Å². The van der Waals surface area contributed by atoms with Crippen molar-refractivity contribution in [2.75, 3.05) is 19.6 Å². The third-order valence-electron chi connectivity index (χ3n) is 4.58. The molecule has 0 bridgehead atoms. The van der Waals surface area contributed by atoms with Gasteiger partial charge < -0.3 is 10.2 Å². The lowest BCUT2D eigenvalue weighted by atomic mass is 10.0. The van der Waals surface area contributed by atoms with E-state index in [0.717, 1.165) is 50.3 Å². The van der Waals surface area contributed by atoms with Crippen molar-refractivity contribution in [1.82, 2.24) is 20.0 Å². The molecule has 0 saturated carbocycles. The van der Waals surface area contributed by atoms with Gasteiger partial charge in [-0.05, 0) is 57.5 Å². The molecule has 1 aliphatic heterocycles. The zero-order valence-electron chi connectivity index (χ0n) is 14.5. The predicted molar refractivity (Wildman–Crippen MR) is 95.5 cm³/mol. The summed E-state index contributed by atoms with van der Waals surface area (Å²) >= 11 is 0. The monoisotopic (exact) mass is 326 g/mol. The third kappa shape index (κ3) is 3.51. The quantitative estimate of drug-likeness (QED) is 0.919. The molecule has 5 heteroatoms. The van der Waals surface area contributed by atoms with Gasteiger partial charge in [0.2, 0.25) is 0 Å². The van der Waals surface area contributed by atoms with Gasteiger partial charge in [0.1, 0.15) is 0 Å². The highest BCUT2D eigenvalue weighted by atomic mass is 16.2. The SMILES string of the molecule is CCCN(C(=O)c1cc(C)n(-c2ccccc2)n1)C1CCNCC1. The van der Waals surface area contributed by atoms with Crippen molar-refractivity contribution in [2.45, 2.75) is 39.2 Å². The Labute approximate surface area is 143 Å². The van der Waals surface area contributed by atoms with Crippen molar-refractivity contribution in [2.24, 2.45) is 0 Å². The molecule has 1 aromatic carbocycles. The van der Waals surface area contributed by atoms with Crippen LogP contribution in [-0.2, 0) is 0 Å². The lowest BCUT2D eigenvalue weighted by Crippen LogP contribution is -2.46. The van der Waals surface area contributed by atoms with E-state index in [1.165, 1.54) is 0 Å². The van der Waals surface area contributed by atoms with Crippen molar-refractivity contribution in [3.8, 4) is 5.69 Å². The van der Waals surface area contributed by atoms with Crippen molar-refractivity contribution in [3.63, 3.8) is 0 Å². The number of hydrogen-bond acceptors (Lipinski definition) is 3. The van der Waals surface area contributed by atoms with E-state index in [9.17, 15) is 4.79 Å². The Hall–Kier alpha value is -2.14. The lowest BCUT2D eigenvalue weighted by Gasteiger charge is -2.34. The molecule has 1 N–H and O–H groups in total. The summed E-state index contributed by atoms with van der Waals surface area (Å²) in [5.41, 5.74) is 2.51. The van der Waals surface area contributed by atoms with Crippen LogP contribution in [0.5, 0.6) is 0 Å². The molecule has 0 unspecified atom stereocenters. The number of hydrogen-bond donors (Lipinski definition) is 1. The summed E-state index contributed by atoms with van der Waals surface area (Å²) in [6.07, 6.45) is 3.00. The van der Waals surface area contributed by atoms with Crippen molar-refractivity contribution in [1.29, 1.82) is 0 Å². The van der Waals surface area contributed by atoms with E-state index in [1.807, 2.05) is 52.9 Å². The van der Waals surface area contributed by atoms with Gasteiger partial charge in [-0.25, -0.2) is 4.68 Å². The molecular formula is C19H26N4O. The van der Waals surface area contributed by atoms with Crippen LogP contribution < -0.4 is 5.32 Å². The standard InChI is InChI=1S/C19H26N4O/c1-3-13-22(16-9-11-20-12-10-16)19(24)18-14-15(2)23(21-18)17-7-5-4-6-8-17/h4-8,14,16,20H,3,9-13H2,1-2H3. The highest BCUT2D eigenvalue weighted by Crippen LogP contribution is 2.18. The number of carbonyl (C=O) groups is 1. The zero-order chi connectivity index (χ0) is 16.9. The van der Waals surface area contributed by atoms with Crippen molar-refractivity contribution in [3.05, 3.63) is 47.8 Å². The van der Waals surface area contributed by atoms with Crippen LogP contribution in [0.3, 0.4) is 0 Å². The molecule has 1 aliphatic rings. The average molecular weight is 326 g/mol. The fraction of sp³-hybridized carbons (Fsp3) is 0.474. The summed E-state index contributed by atoms with van der Waals surface area (Å²) in [4.78, 5) is 15.1. The summed E-state index contributed by atoms with van der Waals surface area (Å²) < 4.78 is 1.85. The molecule has 2 aromatic rings. The largest absolute Gasteiger partial charge is 0.334 e. The number of para-hydroxylation sites is 1. The summed E-state index contributed by atoms with van der Waals surface area (Å²) in [6, 6.07) is 12.2. The second kappa shape index (κ2) is 7.62. The molecule has 0 radical (unpaired) electrons. The molecule has 0 atom stereocenters. The molecule has 128 valence electrons. The van der Waals surface area contributed by atoms with Crippen LogP contribution in [0.4, 0.5) is 0 Å². The summed E-state index contributed by atoms with van der Waals surface area (Å²) in [6.45, 7) is 6.87. The van der Waals surface area contributed by atoms with Gasteiger partial charge in [-0.2, -0.15) is 5.10 Å². The van der Waals surface area contributed by atoms with Gasteiger partial charge in [-0.3, -0.25) is 4.79 Å². The van der Waals surface area contributed by atoms with Crippen LogP contribution in [0.2, 0.25) is 0 Å². The van der Waals surface area contributed by atoms with Crippen LogP contribution >= 0.6 is 0 Å². The van der Waals surface area contributed by atoms with Gasteiger partial charge in [0.25, 0.3) is 5.91 Å². The Bertz CT molecular complexity index is 674. The Morgan fingerprint density at radius 1 is 1.29 bits per heavy atom. The first kappa shape index (κ1) is 16.7. The summed E-state index contributed by atoms with van der Waals surface area (Å²) in [5.74, 6) is 0.0570. The average Bonchev–Trinajstić information content (AvgIpc) is 3.02. The number of benzene rings is 1. The van der Waals surface area contributed by atoms with Crippen molar-refractivity contribution < 1.29 is 4.79 Å². The first-order valence-corrected chi connectivity index (χ1v) is 8.84. The molecular weight excluding hydrogens is 300 g/mol. The van der Waals surface area contributed by atoms with Crippen LogP contribution in [-0.4, -0.2) is 46.3 Å². The number of nitrogens with one attached hydrogen (secondary N) is 1. The highest BCUT2D eigenvalue weighted by Gasteiger charge is 2.27. The number of nitrogens with zero attached hydrogens (tertiary/aromatic N) is 3. The maximum Gasteiger partial charge on any atom is 0.274 e. The van der Waals surface area contributed by atoms with Crippen LogP contribution in [0.1, 0.15) is 42.4 Å². The number of piperidine rings is 1. The molecule has 2 heterocycles. The minimum Gasteiger partial charge on any atom is -0.334 e. The molecule has 3 rings (SSSR count). The summed E-state index contributed by atoms with van der Waals surface area (Å²) in [7, 11) is 0. The fourth-order valence-corrected chi connectivity index (χ4v) is 3.37. The third-order valence-corrected chi connectivity index (χ3v) is 4.58. The zero-order valence-corrected chi connectivity index (χ0v) is 14.5. The van der Waals surface area contributed by atoms with Crippen LogP contribution in [0, 0.1) is 6.92 Å². The molecule has 5 nitrogen and oxygen atoms in total. The van der Waals surface area contributed by atoms with E-state index in [1.54, 1.807) is 0 Å². The molecule has 1 fully saturated rings. The van der Waals surface area contributed by atoms with E-state index in [4.69, 9.17) is 0 Å². The Balaban J connectivity index is 1.85. The van der Waals surface area contributed by atoms with E-state index in [2.05, 4.69) is 17.3 Å². The second-order valence-electron chi connectivity index (χ2n) is 6.40. The number of carbonyl (C=O) groups excluding carboxylic acids is 1. The Morgan fingerprint density at radius 2 is 2.00 bits per heavy atom. The number of aromatic nitrogens is 2. The predicted octanol–water partition coefficient (Wildman–Crippen LogP) is 2.78. The smallest absolute Gasteiger partial charge is 0.274 e. The summed E-state index contributed by atoms with van der Waals surface area (Å²) in [5, 5.41) is 7.96. The molecule has 1 aromatic heterocycles. The number of aryl methyl sites for hydroxylation is 1. The minimum atomic E-state index is 0.0570. The van der Waals surface area contributed by atoms with Crippen LogP contribution in [0.25, 0.3) is 5.69 Å². The first-order chi connectivity index (χ1) is 11.7. The molecule has 0 spiro atoms. The molecule has 1 amide bonds. The van der Waals surface area contributed by atoms with Gasteiger partial charge in [0, 0.05) is 18.3 Å². The van der Waals surface area contributed by atoms with Gasteiger partial charge in [-0.15, -0.1) is 0 Å². The van der Waals surface area contributed by atoms with Gasteiger partial charge >= 0.3 is 0 Å². The molecule has 0 aliphatic carbocycles. The Kier molecular flexibility index (Phi) is 5.30. The molecule has 24 heavy (non-hydrogen) atoms. The maximum atomic E-state index is 13.1. The Morgan fingerprint density at radius 3 is 2.67 bits per heavy atom. The van der Waals surface area contributed by atoms with Gasteiger partial charge in [0.05, 0.1) is 5.69 Å². The topological polar surface area (TPSA) is 50.2 Å².